The molecule has 3 aliphatic rings. The molecule has 1 amide bonds. The first-order valence-electron chi connectivity index (χ1n) is 7.86. The summed E-state index contributed by atoms with van der Waals surface area (Å²) in [6.45, 7) is 2.96. The van der Waals surface area contributed by atoms with Crippen molar-refractivity contribution < 1.29 is 4.79 Å². The molecule has 2 aliphatic carbocycles. The van der Waals surface area contributed by atoms with Gasteiger partial charge in [0.25, 0.3) is 0 Å². The zero-order valence-electron chi connectivity index (χ0n) is 11.8. The minimum atomic E-state index is 0.177. The molecule has 106 valence electrons. The zero-order chi connectivity index (χ0) is 13.6. The molecule has 1 aliphatic heterocycles. The van der Waals surface area contributed by atoms with Gasteiger partial charge in [0, 0.05) is 36.9 Å². The molecule has 1 saturated carbocycles. The Bertz CT molecular complexity index is 538. The van der Waals surface area contributed by atoms with Crippen LogP contribution in [0.1, 0.15) is 30.4 Å². The Kier molecular flexibility index (Phi) is 2.84. The number of hydrogen-bond donors (Lipinski definition) is 2. The SMILES string of the molecule is O=C(NCC1CNC1)C1CC12CCCc1ccccc12. The molecule has 2 fully saturated rings. The van der Waals surface area contributed by atoms with Crippen molar-refractivity contribution in [2.24, 2.45) is 11.8 Å². The van der Waals surface area contributed by atoms with Crippen LogP contribution < -0.4 is 10.6 Å². The maximum absolute atomic E-state index is 12.4. The lowest BCUT2D eigenvalue weighted by atomic mass is 9.78. The molecule has 3 nitrogen and oxygen atoms in total. The van der Waals surface area contributed by atoms with E-state index in [9.17, 15) is 4.79 Å². The number of aryl methyl sites for hydroxylation is 1. The van der Waals surface area contributed by atoms with Crippen molar-refractivity contribution in [2.75, 3.05) is 19.6 Å². The van der Waals surface area contributed by atoms with Crippen molar-refractivity contribution in [1.82, 2.24) is 10.6 Å². The highest BCUT2D eigenvalue weighted by Gasteiger charge is 2.59. The van der Waals surface area contributed by atoms with E-state index >= 15 is 0 Å². The number of rotatable bonds is 3. The molecule has 20 heavy (non-hydrogen) atoms. The Morgan fingerprint density at radius 1 is 1.35 bits per heavy atom. The molecule has 1 spiro atoms. The van der Waals surface area contributed by atoms with Crippen molar-refractivity contribution in [3.63, 3.8) is 0 Å². The smallest absolute Gasteiger partial charge is 0.224 e. The Morgan fingerprint density at radius 2 is 2.20 bits per heavy atom. The van der Waals surface area contributed by atoms with E-state index in [4.69, 9.17) is 0 Å². The maximum Gasteiger partial charge on any atom is 0.224 e. The van der Waals surface area contributed by atoms with E-state index in [2.05, 4.69) is 34.9 Å². The molecule has 0 aromatic heterocycles. The topological polar surface area (TPSA) is 41.1 Å². The number of nitrogens with one attached hydrogen (secondary N) is 2. The summed E-state index contributed by atoms with van der Waals surface area (Å²) in [5.41, 5.74) is 3.10. The van der Waals surface area contributed by atoms with Crippen LogP contribution in [0.15, 0.2) is 24.3 Å². The number of carbonyl (C=O) groups excluding carboxylic acids is 1. The van der Waals surface area contributed by atoms with E-state index in [1.165, 1.54) is 30.4 Å². The Labute approximate surface area is 120 Å². The number of amides is 1. The molecular weight excluding hydrogens is 248 g/mol. The van der Waals surface area contributed by atoms with E-state index in [1.807, 2.05) is 0 Å². The van der Waals surface area contributed by atoms with Gasteiger partial charge < -0.3 is 10.6 Å². The van der Waals surface area contributed by atoms with Crippen LogP contribution in [0.4, 0.5) is 0 Å². The van der Waals surface area contributed by atoms with Gasteiger partial charge in [-0.1, -0.05) is 24.3 Å². The molecule has 2 atom stereocenters. The van der Waals surface area contributed by atoms with Crippen LogP contribution in [0, 0.1) is 11.8 Å². The lowest BCUT2D eigenvalue weighted by Crippen LogP contribution is -2.48. The summed E-state index contributed by atoms with van der Waals surface area (Å²) >= 11 is 0. The van der Waals surface area contributed by atoms with Gasteiger partial charge in [-0.15, -0.1) is 0 Å². The highest BCUT2D eigenvalue weighted by molar-refractivity contribution is 5.84. The molecule has 4 rings (SSSR count). The molecule has 1 heterocycles. The average molecular weight is 270 g/mol. The first kappa shape index (κ1) is 12.4. The van der Waals surface area contributed by atoms with Gasteiger partial charge in [-0.3, -0.25) is 4.79 Å². The predicted octanol–water partition coefficient (Wildman–Crippen LogP) is 1.62. The Morgan fingerprint density at radius 3 is 3.00 bits per heavy atom. The normalized spacial score (nSPS) is 31.5. The van der Waals surface area contributed by atoms with Crippen molar-refractivity contribution in [1.29, 1.82) is 0 Å². The van der Waals surface area contributed by atoms with Crippen molar-refractivity contribution >= 4 is 5.91 Å². The second kappa shape index (κ2) is 4.59. The van der Waals surface area contributed by atoms with E-state index < -0.39 is 0 Å². The second-order valence-corrected chi connectivity index (χ2v) is 6.69. The van der Waals surface area contributed by atoms with Crippen LogP contribution in [0.5, 0.6) is 0 Å². The molecule has 1 aromatic rings. The molecule has 1 aromatic carbocycles. The van der Waals surface area contributed by atoms with Crippen LogP contribution in [-0.2, 0) is 16.6 Å². The summed E-state index contributed by atoms with van der Waals surface area (Å²) in [5.74, 6) is 1.15. The minimum Gasteiger partial charge on any atom is -0.355 e. The van der Waals surface area contributed by atoms with Crippen LogP contribution in [-0.4, -0.2) is 25.5 Å². The summed E-state index contributed by atoms with van der Waals surface area (Å²) in [6, 6.07) is 8.74. The van der Waals surface area contributed by atoms with Crippen LogP contribution in [0.3, 0.4) is 0 Å². The Hall–Kier alpha value is -1.35. The van der Waals surface area contributed by atoms with Crippen LogP contribution in [0.2, 0.25) is 0 Å². The van der Waals surface area contributed by atoms with E-state index in [0.717, 1.165) is 26.1 Å². The third kappa shape index (κ3) is 1.87. The first-order chi connectivity index (χ1) is 9.79. The molecule has 1 saturated heterocycles. The molecule has 2 N–H and O–H groups in total. The highest BCUT2D eigenvalue weighted by Crippen LogP contribution is 2.60. The van der Waals surface area contributed by atoms with Gasteiger partial charge in [0.05, 0.1) is 0 Å². The summed E-state index contributed by atoms with van der Waals surface area (Å²) in [5, 5.41) is 6.42. The molecule has 0 bridgehead atoms. The van der Waals surface area contributed by atoms with Gasteiger partial charge in [-0.05, 0) is 36.8 Å². The highest BCUT2D eigenvalue weighted by atomic mass is 16.2. The third-order valence-electron chi connectivity index (χ3n) is 5.45. The zero-order valence-corrected chi connectivity index (χ0v) is 11.8. The van der Waals surface area contributed by atoms with Gasteiger partial charge in [0.1, 0.15) is 0 Å². The van der Waals surface area contributed by atoms with Crippen molar-refractivity contribution in [2.45, 2.75) is 31.1 Å². The number of benzene rings is 1. The number of fused-ring (bicyclic) bond motifs is 2. The average Bonchev–Trinajstić information content (AvgIpc) is 3.13. The quantitative estimate of drug-likeness (QED) is 0.876. The lowest BCUT2D eigenvalue weighted by molar-refractivity contribution is -0.123. The van der Waals surface area contributed by atoms with Crippen LogP contribution in [0.25, 0.3) is 0 Å². The van der Waals surface area contributed by atoms with Gasteiger partial charge in [-0.2, -0.15) is 0 Å². The monoisotopic (exact) mass is 270 g/mol. The largest absolute Gasteiger partial charge is 0.355 e. The molecule has 2 unspecified atom stereocenters. The number of hydrogen-bond acceptors (Lipinski definition) is 2. The first-order valence-corrected chi connectivity index (χ1v) is 7.86. The minimum absolute atomic E-state index is 0.177. The van der Waals surface area contributed by atoms with Crippen LogP contribution >= 0.6 is 0 Å². The fraction of sp³-hybridized carbons (Fsp3) is 0.588. The molecule has 0 radical (unpaired) electrons. The fourth-order valence-corrected chi connectivity index (χ4v) is 4.04. The van der Waals surface area contributed by atoms with Crippen molar-refractivity contribution in [3.05, 3.63) is 35.4 Å². The lowest BCUT2D eigenvalue weighted by Gasteiger charge is -2.28. The van der Waals surface area contributed by atoms with E-state index in [1.54, 1.807) is 0 Å². The third-order valence-corrected chi connectivity index (χ3v) is 5.45. The number of carbonyl (C=O) groups is 1. The second-order valence-electron chi connectivity index (χ2n) is 6.69. The van der Waals surface area contributed by atoms with Gasteiger partial charge in [-0.25, -0.2) is 0 Å². The summed E-state index contributed by atoms with van der Waals surface area (Å²) < 4.78 is 0. The summed E-state index contributed by atoms with van der Waals surface area (Å²) in [6.07, 6.45) is 4.65. The standard InChI is InChI=1S/C17H22N2O/c20-16(19-11-12-9-18-10-12)15-8-17(15)7-3-5-13-4-1-2-6-14(13)17/h1-2,4,6,12,15,18H,3,5,7-11H2,(H,19,20). The van der Waals surface area contributed by atoms with Gasteiger partial charge >= 0.3 is 0 Å². The molecule has 3 heteroatoms. The Balaban J connectivity index is 1.47. The fourth-order valence-electron chi connectivity index (χ4n) is 4.04. The van der Waals surface area contributed by atoms with E-state index in [-0.39, 0.29) is 17.2 Å². The van der Waals surface area contributed by atoms with Gasteiger partial charge in [0.15, 0.2) is 0 Å². The van der Waals surface area contributed by atoms with E-state index in [0.29, 0.717) is 5.92 Å². The summed E-state index contributed by atoms with van der Waals surface area (Å²) in [7, 11) is 0. The summed E-state index contributed by atoms with van der Waals surface area (Å²) in [4.78, 5) is 12.4. The predicted molar refractivity (Wildman–Crippen MR) is 78.5 cm³/mol. The molecular formula is C17H22N2O. The van der Waals surface area contributed by atoms with Crippen molar-refractivity contribution in [3.8, 4) is 0 Å². The maximum atomic E-state index is 12.4. The van der Waals surface area contributed by atoms with Gasteiger partial charge in [0.2, 0.25) is 5.91 Å².